The predicted octanol–water partition coefficient (Wildman–Crippen LogP) is 1.06. The van der Waals surface area contributed by atoms with Gasteiger partial charge in [-0.05, 0) is 6.42 Å². The molecular weight excluding hydrogens is 230 g/mol. The van der Waals surface area contributed by atoms with Crippen LogP contribution in [-0.4, -0.2) is 35.0 Å². The summed E-state index contributed by atoms with van der Waals surface area (Å²) in [4.78, 5) is 37.5. The third kappa shape index (κ3) is 1.29. The second-order valence-electron chi connectivity index (χ2n) is 4.97. The number of ketones is 2. The summed E-state index contributed by atoms with van der Waals surface area (Å²) >= 11 is 0. The van der Waals surface area contributed by atoms with Crippen molar-refractivity contribution in [2.24, 2.45) is 5.92 Å². The van der Waals surface area contributed by atoms with Gasteiger partial charge in [0.2, 0.25) is 5.91 Å². The van der Waals surface area contributed by atoms with Gasteiger partial charge in [0, 0.05) is 12.6 Å². The number of Topliss-reactive ketones (excluding diaryl/α,β-unsaturated/α-hetero) is 2. The Morgan fingerprint density at radius 2 is 1.94 bits per heavy atom. The largest absolute Gasteiger partial charge is 0.331 e. The molecule has 2 fully saturated rings. The molecule has 0 N–H and O–H groups in total. The van der Waals surface area contributed by atoms with E-state index in [0.717, 1.165) is 0 Å². The molecule has 2 atom stereocenters. The van der Waals surface area contributed by atoms with E-state index in [-0.39, 0.29) is 29.8 Å². The van der Waals surface area contributed by atoms with Gasteiger partial charge in [0.25, 0.3) is 0 Å². The fourth-order valence-electron chi connectivity index (χ4n) is 2.86. The lowest BCUT2D eigenvalue weighted by Crippen LogP contribution is -2.51. The van der Waals surface area contributed by atoms with Crippen LogP contribution < -0.4 is 0 Å². The molecule has 0 aromatic heterocycles. The lowest BCUT2D eigenvalue weighted by Gasteiger charge is -2.31. The van der Waals surface area contributed by atoms with Crippen molar-refractivity contribution in [3.05, 3.63) is 35.9 Å². The van der Waals surface area contributed by atoms with Crippen LogP contribution in [0.4, 0.5) is 0 Å². The van der Waals surface area contributed by atoms with Crippen molar-refractivity contribution in [3.63, 3.8) is 0 Å². The molecule has 1 aliphatic heterocycles. The molecule has 4 heteroatoms. The zero-order chi connectivity index (χ0) is 12.9. The molecule has 0 radical (unpaired) electrons. The monoisotopic (exact) mass is 243 g/mol. The number of likely N-dealkylation sites (tertiary alicyclic amines) is 1. The first-order valence-corrected chi connectivity index (χ1v) is 5.96. The van der Waals surface area contributed by atoms with E-state index in [1.165, 1.54) is 4.90 Å². The fourth-order valence-corrected chi connectivity index (χ4v) is 2.86. The van der Waals surface area contributed by atoms with Crippen LogP contribution in [0.5, 0.6) is 0 Å². The summed E-state index contributed by atoms with van der Waals surface area (Å²) in [5.74, 6) is -0.759. The average molecular weight is 243 g/mol. The van der Waals surface area contributed by atoms with Crippen molar-refractivity contribution in [2.45, 2.75) is 18.4 Å². The molecule has 3 rings (SSSR count). The first kappa shape index (κ1) is 11.1. The minimum atomic E-state index is -0.895. The van der Waals surface area contributed by atoms with Crippen molar-refractivity contribution in [3.8, 4) is 0 Å². The lowest BCUT2D eigenvalue weighted by molar-refractivity contribution is -0.140. The molecule has 1 aliphatic carbocycles. The van der Waals surface area contributed by atoms with Gasteiger partial charge in [0.05, 0.1) is 12.3 Å². The molecule has 2 aliphatic rings. The standard InChI is InChI=1S/C14H13NO3/c1-15-12(17)7-11(16)10-8-14(10,15)13(18)9-5-3-2-4-6-9/h2-6,10H,7-8H2,1H3. The van der Waals surface area contributed by atoms with Gasteiger partial charge in [-0.15, -0.1) is 0 Å². The highest BCUT2D eigenvalue weighted by molar-refractivity contribution is 6.17. The first-order chi connectivity index (χ1) is 8.57. The number of rotatable bonds is 2. The Kier molecular flexibility index (Phi) is 2.17. The number of piperidine rings is 1. The minimum Gasteiger partial charge on any atom is -0.331 e. The molecule has 0 bridgehead atoms. The van der Waals surface area contributed by atoms with E-state index in [2.05, 4.69) is 0 Å². The molecule has 2 unspecified atom stereocenters. The summed E-state index contributed by atoms with van der Waals surface area (Å²) in [5.41, 5.74) is -0.331. The highest BCUT2D eigenvalue weighted by atomic mass is 16.2. The van der Waals surface area contributed by atoms with Crippen LogP contribution in [0.25, 0.3) is 0 Å². The number of hydrogen-bond acceptors (Lipinski definition) is 3. The van der Waals surface area contributed by atoms with Crippen molar-refractivity contribution < 1.29 is 14.4 Å². The molecule has 1 aromatic carbocycles. The van der Waals surface area contributed by atoms with Crippen molar-refractivity contribution in [1.82, 2.24) is 4.90 Å². The zero-order valence-electron chi connectivity index (χ0n) is 10.1. The number of carbonyl (C=O) groups is 3. The Balaban J connectivity index is 1.99. The van der Waals surface area contributed by atoms with Gasteiger partial charge in [0.1, 0.15) is 11.3 Å². The third-order valence-corrected chi connectivity index (χ3v) is 4.05. The summed E-state index contributed by atoms with van der Waals surface area (Å²) in [6.07, 6.45) is 0.410. The van der Waals surface area contributed by atoms with E-state index < -0.39 is 5.54 Å². The van der Waals surface area contributed by atoms with Crippen LogP contribution in [0.15, 0.2) is 30.3 Å². The van der Waals surface area contributed by atoms with E-state index in [0.29, 0.717) is 12.0 Å². The average Bonchev–Trinajstić information content (AvgIpc) is 3.14. The number of amides is 1. The van der Waals surface area contributed by atoms with Crippen LogP contribution in [0, 0.1) is 5.92 Å². The number of nitrogens with zero attached hydrogens (tertiary/aromatic N) is 1. The van der Waals surface area contributed by atoms with E-state index in [1.54, 1.807) is 31.3 Å². The van der Waals surface area contributed by atoms with Crippen LogP contribution in [0.3, 0.4) is 0 Å². The Morgan fingerprint density at radius 3 is 2.61 bits per heavy atom. The van der Waals surface area contributed by atoms with E-state index >= 15 is 0 Å². The van der Waals surface area contributed by atoms with Gasteiger partial charge in [0.15, 0.2) is 5.78 Å². The number of hydrogen-bond donors (Lipinski definition) is 0. The van der Waals surface area contributed by atoms with Gasteiger partial charge in [-0.3, -0.25) is 14.4 Å². The number of fused-ring (bicyclic) bond motifs is 1. The third-order valence-electron chi connectivity index (χ3n) is 4.05. The van der Waals surface area contributed by atoms with Crippen LogP contribution >= 0.6 is 0 Å². The SMILES string of the molecule is CN1C(=O)CC(=O)C2CC21C(=O)c1ccccc1. The summed E-state index contributed by atoms with van der Waals surface area (Å²) < 4.78 is 0. The van der Waals surface area contributed by atoms with Gasteiger partial charge in [-0.2, -0.15) is 0 Å². The second kappa shape index (κ2) is 3.51. The number of carbonyl (C=O) groups excluding carboxylic acids is 3. The zero-order valence-corrected chi connectivity index (χ0v) is 10.1. The number of benzene rings is 1. The van der Waals surface area contributed by atoms with Crippen LogP contribution in [0.2, 0.25) is 0 Å². The quantitative estimate of drug-likeness (QED) is 0.576. The maximum atomic E-state index is 12.5. The van der Waals surface area contributed by atoms with E-state index in [1.807, 2.05) is 6.07 Å². The highest BCUT2D eigenvalue weighted by Crippen LogP contribution is 2.53. The summed E-state index contributed by atoms with van der Waals surface area (Å²) in [5, 5.41) is 0. The minimum absolute atomic E-state index is 0.0645. The molecule has 18 heavy (non-hydrogen) atoms. The maximum Gasteiger partial charge on any atom is 0.230 e. The Hall–Kier alpha value is -1.97. The van der Waals surface area contributed by atoms with Crippen molar-refractivity contribution in [1.29, 1.82) is 0 Å². The van der Waals surface area contributed by atoms with Gasteiger partial charge in [-0.1, -0.05) is 30.3 Å². The molecule has 1 heterocycles. The first-order valence-electron chi connectivity index (χ1n) is 5.96. The fraction of sp³-hybridized carbons (Fsp3) is 0.357. The highest BCUT2D eigenvalue weighted by Gasteiger charge is 2.69. The molecule has 1 amide bonds. The molecule has 4 nitrogen and oxygen atoms in total. The van der Waals surface area contributed by atoms with Gasteiger partial charge in [-0.25, -0.2) is 0 Å². The smallest absolute Gasteiger partial charge is 0.230 e. The maximum absolute atomic E-state index is 12.5. The van der Waals surface area contributed by atoms with Crippen molar-refractivity contribution >= 4 is 17.5 Å². The number of likely N-dealkylation sites (N-methyl/N-ethyl adjacent to an activating group) is 1. The van der Waals surface area contributed by atoms with Gasteiger partial charge < -0.3 is 4.90 Å². The molecular formula is C14H13NO3. The molecule has 92 valence electrons. The second-order valence-corrected chi connectivity index (χ2v) is 4.97. The molecule has 1 aromatic rings. The normalized spacial score (nSPS) is 30.1. The molecule has 0 spiro atoms. The Labute approximate surface area is 105 Å². The summed E-state index contributed by atoms with van der Waals surface area (Å²) in [6, 6.07) is 8.86. The van der Waals surface area contributed by atoms with E-state index in [9.17, 15) is 14.4 Å². The molecule has 1 saturated carbocycles. The molecule has 1 saturated heterocycles. The Morgan fingerprint density at radius 1 is 1.28 bits per heavy atom. The van der Waals surface area contributed by atoms with E-state index in [4.69, 9.17) is 0 Å². The predicted molar refractivity (Wildman–Crippen MR) is 64.0 cm³/mol. The van der Waals surface area contributed by atoms with Crippen LogP contribution in [-0.2, 0) is 9.59 Å². The van der Waals surface area contributed by atoms with Gasteiger partial charge >= 0.3 is 0 Å². The Bertz CT molecular complexity index is 551. The lowest BCUT2D eigenvalue weighted by atomic mass is 9.93. The summed E-state index contributed by atoms with van der Waals surface area (Å²) in [7, 11) is 1.62. The summed E-state index contributed by atoms with van der Waals surface area (Å²) in [6.45, 7) is 0. The topological polar surface area (TPSA) is 54.5 Å². The van der Waals surface area contributed by atoms with Crippen LogP contribution in [0.1, 0.15) is 23.2 Å². The van der Waals surface area contributed by atoms with Crippen molar-refractivity contribution in [2.75, 3.05) is 7.05 Å².